The van der Waals surface area contributed by atoms with Crippen LogP contribution >= 0.6 is 0 Å². The van der Waals surface area contributed by atoms with Gasteiger partial charge in [0.15, 0.2) is 0 Å². The van der Waals surface area contributed by atoms with E-state index in [2.05, 4.69) is 6.08 Å². The molecule has 0 aliphatic rings. The van der Waals surface area contributed by atoms with Gasteiger partial charge in [-0.1, -0.05) is 31.4 Å². The first kappa shape index (κ1) is 14.7. The van der Waals surface area contributed by atoms with Gasteiger partial charge in [-0.15, -0.1) is 0 Å². The van der Waals surface area contributed by atoms with Crippen LogP contribution in [0.15, 0.2) is 18.2 Å². The van der Waals surface area contributed by atoms with Gasteiger partial charge in [-0.3, -0.25) is 4.79 Å². The molecule has 0 aliphatic heterocycles. The highest BCUT2D eigenvalue weighted by Crippen LogP contribution is 2.07. The number of hydrogen-bond acceptors (Lipinski definition) is 2. The van der Waals surface area contributed by atoms with Crippen molar-refractivity contribution in [3.63, 3.8) is 0 Å². The number of rotatable bonds is 10. The summed E-state index contributed by atoms with van der Waals surface area (Å²) in [5, 5.41) is 8.42. The van der Waals surface area contributed by atoms with Gasteiger partial charge in [-0.25, -0.2) is 4.79 Å². The summed E-state index contributed by atoms with van der Waals surface area (Å²) in [5.74, 6) is 1.03. The second-order valence-corrected chi connectivity index (χ2v) is 3.73. The minimum atomic E-state index is -0.703. The largest absolute Gasteiger partial charge is 0.481 e. The molecular formula is C13H20O3. The fourth-order valence-electron chi connectivity index (χ4n) is 1.40. The van der Waals surface area contributed by atoms with Crippen molar-refractivity contribution in [1.29, 1.82) is 0 Å². The molecule has 0 spiro atoms. The average molecular weight is 224 g/mol. The van der Waals surface area contributed by atoms with Crippen molar-refractivity contribution in [2.75, 3.05) is 0 Å². The number of unbranched alkanes of at least 4 members (excludes halogenated alkanes) is 5. The highest BCUT2D eigenvalue weighted by atomic mass is 16.4. The SMILES string of the molecule is O=C=CCC=CCCCCCCCC(=O)O. The van der Waals surface area contributed by atoms with E-state index < -0.39 is 5.97 Å². The van der Waals surface area contributed by atoms with E-state index in [1.807, 2.05) is 6.08 Å². The fourth-order valence-corrected chi connectivity index (χ4v) is 1.40. The third-order valence-corrected chi connectivity index (χ3v) is 2.27. The van der Waals surface area contributed by atoms with Gasteiger partial charge in [0.1, 0.15) is 5.94 Å². The summed E-state index contributed by atoms with van der Waals surface area (Å²) in [6.45, 7) is 0. The van der Waals surface area contributed by atoms with Crippen molar-refractivity contribution in [3.05, 3.63) is 18.2 Å². The van der Waals surface area contributed by atoms with Crippen molar-refractivity contribution < 1.29 is 14.7 Å². The number of carbonyl (C=O) groups excluding carboxylic acids is 1. The van der Waals surface area contributed by atoms with Crippen LogP contribution in [0.3, 0.4) is 0 Å². The zero-order chi connectivity index (χ0) is 12.1. The van der Waals surface area contributed by atoms with Gasteiger partial charge >= 0.3 is 5.97 Å². The second-order valence-electron chi connectivity index (χ2n) is 3.73. The number of hydrogen-bond donors (Lipinski definition) is 1. The molecule has 0 saturated carbocycles. The molecule has 90 valence electrons. The summed E-state index contributed by atoms with van der Waals surface area (Å²) in [5.41, 5.74) is 0. The minimum absolute atomic E-state index is 0.290. The lowest BCUT2D eigenvalue weighted by Crippen LogP contribution is -1.93. The molecule has 0 aliphatic carbocycles. The van der Waals surface area contributed by atoms with E-state index in [0.29, 0.717) is 6.42 Å². The summed E-state index contributed by atoms with van der Waals surface area (Å²) in [4.78, 5) is 20.1. The average Bonchev–Trinajstić information content (AvgIpc) is 2.25. The third-order valence-electron chi connectivity index (χ3n) is 2.27. The maximum Gasteiger partial charge on any atom is 0.303 e. The van der Waals surface area contributed by atoms with Crippen LogP contribution in [0.1, 0.15) is 51.4 Å². The van der Waals surface area contributed by atoms with E-state index in [4.69, 9.17) is 5.11 Å². The van der Waals surface area contributed by atoms with Crippen LogP contribution in [0, 0.1) is 0 Å². The van der Waals surface area contributed by atoms with Crippen molar-refractivity contribution in [3.8, 4) is 0 Å². The predicted octanol–water partition coefficient (Wildman–Crippen LogP) is 3.14. The van der Waals surface area contributed by atoms with Gasteiger partial charge < -0.3 is 5.11 Å². The van der Waals surface area contributed by atoms with Gasteiger partial charge in [0, 0.05) is 12.5 Å². The van der Waals surface area contributed by atoms with Crippen LogP contribution in [0.2, 0.25) is 0 Å². The van der Waals surface area contributed by atoms with E-state index in [9.17, 15) is 9.59 Å². The third kappa shape index (κ3) is 12.7. The van der Waals surface area contributed by atoms with E-state index in [0.717, 1.165) is 38.5 Å². The van der Waals surface area contributed by atoms with Gasteiger partial charge in [-0.2, -0.15) is 0 Å². The summed E-state index contributed by atoms with van der Waals surface area (Å²) in [6.07, 6.45) is 12.7. The lowest BCUT2D eigenvalue weighted by atomic mass is 10.1. The van der Waals surface area contributed by atoms with E-state index in [1.54, 1.807) is 5.94 Å². The molecule has 0 atom stereocenters. The first-order chi connectivity index (χ1) is 7.77. The van der Waals surface area contributed by atoms with Crippen LogP contribution in [0.4, 0.5) is 0 Å². The standard InChI is InChI=1S/C13H20O3/c14-12-10-8-6-4-2-1-3-5-7-9-11-13(15)16/h4,6,10H,1-3,5,7-9,11H2,(H,15,16). The molecular weight excluding hydrogens is 204 g/mol. The van der Waals surface area contributed by atoms with Crippen LogP contribution in [0.5, 0.6) is 0 Å². The Labute approximate surface area is 96.9 Å². The monoisotopic (exact) mass is 224 g/mol. The van der Waals surface area contributed by atoms with Gasteiger partial charge in [0.05, 0.1) is 0 Å². The van der Waals surface area contributed by atoms with Crippen molar-refractivity contribution in [1.82, 2.24) is 0 Å². The Balaban J connectivity index is 3.12. The Kier molecular flexibility index (Phi) is 10.8. The van der Waals surface area contributed by atoms with E-state index >= 15 is 0 Å². The van der Waals surface area contributed by atoms with Gasteiger partial charge in [-0.05, 0) is 25.7 Å². The van der Waals surface area contributed by atoms with Gasteiger partial charge in [0.2, 0.25) is 0 Å². The van der Waals surface area contributed by atoms with Crippen LogP contribution in [-0.4, -0.2) is 17.0 Å². The number of allylic oxidation sites excluding steroid dienone is 3. The number of carboxylic acid groups (broad SMARTS) is 1. The lowest BCUT2D eigenvalue weighted by molar-refractivity contribution is -0.137. The normalized spacial score (nSPS) is 10.2. The number of aliphatic carboxylic acids is 1. The molecule has 0 bridgehead atoms. The van der Waals surface area contributed by atoms with Crippen molar-refractivity contribution in [2.24, 2.45) is 0 Å². The Bertz CT molecular complexity index is 250. The van der Waals surface area contributed by atoms with E-state index in [-0.39, 0.29) is 6.42 Å². The molecule has 0 aromatic carbocycles. The molecule has 0 saturated heterocycles. The molecule has 0 aromatic rings. The Morgan fingerprint density at radius 2 is 1.75 bits per heavy atom. The van der Waals surface area contributed by atoms with E-state index in [1.165, 1.54) is 6.08 Å². The molecule has 1 N–H and O–H groups in total. The number of carbonyl (C=O) groups is 1. The van der Waals surface area contributed by atoms with Crippen molar-refractivity contribution in [2.45, 2.75) is 51.4 Å². The second kappa shape index (κ2) is 11.7. The Hall–Kier alpha value is -1.34. The molecule has 3 nitrogen and oxygen atoms in total. The topological polar surface area (TPSA) is 54.4 Å². The quantitative estimate of drug-likeness (QED) is 0.352. The predicted molar refractivity (Wildman–Crippen MR) is 64.0 cm³/mol. The van der Waals surface area contributed by atoms with Crippen LogP contribution < -0.4 is 0 Å². The zero-order valence-corrected chi connectivity index (χ0v) is 9.65. The maximum absolute atomic E-state index is 10.2. The first-order valence-electron chi connectivity index (χ1n) is 5.83. The molecule has 3 heteroatoms. The maximum atomic E-state index is 10.2. The van der Waals surface area contributed by atoms with Gasteiger partial charge in [0.25, 0.3) is 0 Å². The summed E-state index contributed by atoms with van der Waals surface area (Å²) in [6, 6.07) is 0. The fraction of sp³-hybridized carbons (Fsp3) is 0.615. The molecule has 0 unspecified atom stereocenters. The zero-order valence-electron chi connectivity index (χ0n) is 9.65. The lowest BCUT2D eigenvalue weighted by Gasteiger charge is -1.97. The molecule has 0 amide bonds. The van der Waals surface area contributed by atoms with Crippen molar-refractivity contribution >= 4 is 11.9 Å². The summed E-state index contributed by atoms with van der Waals surface area (Å²) >= 11 is 0. The Morgan fingerprint density at radius 3 is 2.44 bits per heavy atom. The molecule has 0 radical (unpaired) electrons. The van der Waals surface area contributed by atoms with Crippen LogP contribution in [0.25, 0.3) is 0 Å². The molecule has 16 heavy (non-hydrogen) atoms. The molecule has 0 fully saturated rings. The van der Waals surface area contributed by atoms with Crippen LogP contribution in [-0.2, 0) is 9.59 Å². The highest BCUT2D eigenvalue weighted by molar-refractivity contribution is 5.66. The number of carboxylic acids is 1. The first-order valence-corrected chi connectivity index (χ1v) is 5.83. The summed E-state index contributed by atoms with van der Waals surface area (Å²) < 4.78 is 0. The molecule has 0 rings (SSSR count). The highest BCUT2D eigenvalue weighted by Gasteiger charge is 1.95. The smallest absolute Gasteiger partial charge is 0.303 e. The molecule has 0 heterocycles. The Morgan fingerprint density at radius 1 is 1.06 bits per heavy atom. The minimum Gasteiger partial charge on any atom is -0.481 e. The summed E-state index contributed by atoms with van der Waals surface area (Å²) in [7, 11) is 0. The molecule has 0 aromatic heterocycles.